The Bertz CT molecular complexity index is 289. The number of aliphatic hydroxyl groups is 1. The monoisotopic (exact) mass is 223 g/mol. The molecule has 1 aromatic rings. The van der Waals surface area contributed by atoms with Crippen LogP contribution in [0.5, 0.6) is 0 Å². The Kier molecular flexibility index (Phi) is 3.96. The van der Waals surface area contributed by atoms with Gasteiger partial charge in [-0.2, -0.15) is 0 Å². The molecule has 0 unspecified atom stereocenters. The van der Waals surface area contributed by atoms with Crippen LogP contribution in [0, 0.1) is 0 Å². The van der Waals surface area contributed by atoms with Gasteiger partial charge in [0.15, 0.2) is 0 Å². The van der Waals surface area contributed by atoms with Crippen molar-refractivity contribution in [3.8, 4) is 0 Å². The predicted octanol–water partition coefficient (Wildman–Crippen LogP) is 1.58. The van der Waals surface area contributed by atoms with Crippen molar-refractivity contribution in [3.05, 3.63) is 18.2 Å². The lowest BCUT2D eigenvalue weighted by Gasteiger charge is -2.26. The van der Waals surface area contributed by atoms with Crippen LogP contribution in [0.3, 0.4) is 0 Å². The van der Waals surface area contributed by atoms with E-state index in [0.29, 0.717) is 13.1 Å². The van der Waals surface area contributed by atoms with Crippen LogP contribution in [-0.4, -0.2) is 27.2 Å². The summed E-state index contributed by atoms with van der Waals surface area (Å²) < 4.78 is 0. The Balaban J connectivity index is 1.75. The lowest BCUT2D eigenvalue weighted by Crippen LogP contribution is -2.40. The lowest BCUT2D eigenvalue weighted by atomic mass is 9.94. The van der Waals surface area contributed by atoms with Gasteiger partial charge in [0.05, 0.1) is 12.1 Å². The van der Waals surface area contributed by atoms with E-state index in [4.69, 9.17) is 0 Å². The van der Waals surface area contributed by atoms with Crippen molar-refractivity contribution in [1.29, 1.82) is 0 Å². The van der Waals surface area contributed by atoms with Crippen LogP contribution < -0.4 is 5.32 Å². The molecule has 0 amide bonds. The Morgan fingerprint density at radius 2 is 2.06 bits per heavy atom. The average Bonchev–Trinajstić information content (AvgIpc) is 2.68. The minimum atomic E-state index is -0.497. The van der Waals surface area contributed by atoms with Crippen LogP contribution in [0.4, 0.5) is 0 Å². The van der Waals surface area contributed by atoms with Crippen molar-refractivity contribution in [2.24, 2.45) is 0 Å². The van der Waals surface area contributed by atoms with Crippen molar-refractivity contribution in [1.82, 2.24) is 15.3 Å². The molecule has 1 aromatic heterocycles. The van der Waals surface area contributed by atoms with E-state index in [1.165, 1.54) is 12.8 Å². The molecule has 4 nitrogen and oxygen atoms in total. The average molecular weight is 223 g/mol. The Labute approximate surface area is 96.5 Å². The van der Waals surface area contributed by atoms with Crippen LogP contribution in [0.2, 0.25) is 0 Å². The topological polar surface area (TPSA) is 60.9 Å². The molecule has 90 valence electrons. The molecule has 16 heavy (non-hydrogen) atoms. The maximum Gasteiger partial charge on any atom is 0.120 e. The van der Waals surface area contributed by atoms with Crippen molar-refractivity contribution in [2.75, 3.05) is 6.54 Å². The third-order valence-corrected chi connectivity index (χ3v) is 3.34. The van der Waals surface area contributed by atoms with Crippen molar-refractivity contribution >= 4 is 0 Å². The molecule has 0 aromatic carbocycles. The highest BCUT2D eigenvalue weighted by Gasteiger charge is 2.27. The number of nitrogens with zero attached hydrogens (tertiary/aromatic N) is 1. The Hall–Kier alpha value is -0.870. The molecule has 1 aliphatic rings. The summed E-state index contributed by atoms with van der Waals surface area (Å²) in [5, 5.41) is 13.7. The molecule has 1 aliphatic carbocycles. The first-order valence-corrected chi connectivity index (χ1v) is 6.20. The molecule has 0 spiro atoms. The standard InChI is InChI=1S/C12H21N3O/c16-12(5-3-1-2-4-6-12)10-13-9-11-14-7-8-15-11/h7-8,13,16H,1-6,9-10H2,(H,14,15). The number of hydrogen-bond acceptors (Lipinski definition) is 3. The fraction of sp³-hybridized carbons (Fsp3) is 0.750. The number of nitrogens with one attached hydrogen (secondary N) is 2. The molecule has 0 atom stereocenters. The highest BCUT2D eigenvalue weighted by molar-refractivity contribution is 4.88. The first-order valence-electron chi connectivity index (χ1n) is 6.20. The quantitative estimate of drug-likeness (QED) is 0.679. The van der Waals surface area contributed by atoms with E-state index in [2.05, 4.69) is 15.3 Å². The minimum Gasteiger partial charge on any atom is -0.389 e. The van der Waals surface area contributed by atoms with Gasteiger partial charge >= 0.3 is 0 Å². The number of aromatic amines is 1. The number of hydrogen-bond donors (Lipinski definition) is 3. The van der Waals surface area contributed by atoms with Gasteiger partial charge in [-0.05, 0) is 12.8 Å². The van der Waals surface area contributed by atoms with Gasteiger partial charge in [0.1, 0.15) is 5.82 Å². The van der Waals surface area contributed by atoms with E-state index in [0.717, 1.165) is 31.5 Å². The van der Waals surface area contributed by atoms with Crippen molar-refractivity contribution in [2.45, 2.75) is 50.7 Å². The lowest BCUT2D eigenvalue weighted by molar-refractivity contribution is 0.0249. The summed E-state index contributed by atoms with van der Waals surface area (Å²) in [6, 6.07) is 0. The third kappa shape index (κ3) is 3.32. The van der Waals surface area contributed by atoms with Gasteiger partial charge in [0, 0.05) is 18.9 Å². The molecule has 1 fully saturated rings. The van der Waals surface area contributed by atoms with Crippen LogP contribution in [0.1, 0.15) is 44.3 Å². The van der Waals surface area contributed by atoms with Gasteiger partial charge in [-0.15, -0.1) is 0 Å². The van der Waals surface area contributed by atoms with Gasteiger partial charge in [-0.1, -0.05) is 25.7 Å². The molecular formula is C12H21N3O. The van der Waals surface area contributed by atoms with Gasteiger partial charge in [-0.3, -0.25) is 0 Å². The van der Waals surface area contributed by atoms with Crippen LogP contribution in [0.25, 0.3) is 0 Å². The highest BCUT2D eigenvalue weighted by atomic mass is 16.3. The summed E-state index contributed by atoms with van der Waals surface area (Å²) in [5.41, 5.74) is -0.497. The SMILES string of the molecule is OC1(CNCc2ncc[nH]2)CCCCCC1. The number of H-pyrrole nitrogens is 1. The number of imidazole rings is 1. The summed E-state index contributed by atoms with van der Waals surface area (Å²) in [6.45, 7) is 1.38. The predicted molar refractivity (Wildman–Crippen MR) is 62.9 cm³/mol. The maximum atomic E-state index is 10.4. The van der Waals surface area contributed by atoms with E-state index in [-0.39, 0.29) is 0 Å². The zero-order valence-electron chi connectivity index (χ0n) is 9.71. The molecule has 3 N–H and O–H groups in total. The Morgan fingerprint density at radius 1 is 1.31 bits per heavy atom. The second-order valence-electron chi connectivity index (χ2n) is 4.78. The molecule has 4 heteroatoms. The van der Waals surface area contributed by atoms with E-state index < -0.39 is 5.60 Å². The van der Waals surface area contributed by atoms with Gasteiger partial charge in [0.2, 0.25) is 0 Å². The number of rotatable bonds is 4. The highest BCUT2D eigenvalue weighted by Crippen LogP contribution is 2.26. The molecule has 0 saturated heterocycles. The zero-order chi connectivity index (χ0) is 11.3. The molecule has 1 heterocycles. The van der Waals surface area contributed by atoms with Gasteiger partial charge < -0.3 is 15.4 Å². The first kappa shape index (κ1) is 11.6. The van der Waals surface area contributed by atoms with Crippen molar-refractivity contribution in [3.63, 3.8) is 0 Å². The van der Waals surface area contributed by atoms with Gasteiger partial charge in [0.25, 0.3) is 0 Å². The molecule has 0 aliphatic heterocycles. The van der Waals surface area contributed by atoms with E-state index in [1.807, 2.05) is 6.20 Å². The second kappa shape index (κ2) is 5.46. The molecule has 0 radical (unpaired) electrons. The smallest absolute Gasteiger partial charge is 0.120 e. The second-order valence-corrected chi connectivity index (χ2v) is 4.78. The summed E-state index contributed by atoms with van der Waals surface area (Å²) in [5.74, 6) is 0.928. The molecular weight excluding hydrogens is 202 g/mol. The maximum absolute atomic E-state index is 10.4. The fourth-order valence-corrected chi connectivity index (χ4v) is 2.37. The van der Waals surface area contributed by atoms with Crippen LogP contribution in [-0.2, 0) is 6.54 Å². The number of aromatic nitrogens is 2. The van der Waals surface area contributed by atoms with E-state index in [9.17, 15) is 5.11 Å². The molecule has 0 bridgehead atoms. The van der Waals surface area contributed by atoms with Crippen LogP contribution in [0.15, 0.2) is 12.4 Å². The van der Waals surface area contributed by atoms with Crippen molar-refractivity contribution < 1.29 is 5.11 Å². The third-order valence-electron chi connectivity index (χ3n) is 3.34. The summed E-state index contributed by atoms with van der Waals surface area (Å²) in [6.07, 6.45) is 10.3. The molecule has 1 saturated carbocycles. The normalized spacial score (nSPS) is 20.6. The first-order chi connectivity index (χ1) is 7.79. The molecule has 2 rings (SSSR count). The van der Waals surface area contributed by atoms with Crippen LogP contribution >= 0.6 is 0 Å². The Morgan fingerprint density at radius 3 is 2.69 bits per heavy atom. The van der Waals surface area contributed by atoms with Gasteiger partial charge in [-0.25, -0.2) is 4.98 Å². The minimum absolute atomic E-state index is 0.497. The van der Waals surface area contributed by atoms with E-state index in [1.54, 1.807) is 6.20 Å². The van der Waals surface area contributed by atoms with E-state index >= 15 is 0 Å². The summed E-state index contributed by atoms with van der Waals surface area (Å²) >= 11 is 0. The zero-order valence-corrected chi connectivity index (χ0v) is 9.71. The fourth-order valence-electron chi connectivity index (χ4n) is 2.37. The largest absolute Gasteiger partial charge is 0.389 e. The summed E-state index contributed by atoms with van der Waals surface area (Å²) in [4.78, 5) is 7.18. The summed E-state index contributed by atoms with van der Waals surface area (Å²) in [7, 11) is 0.